The van der Waals surface area contributed by atoms with Crippen LogP contribution in [0.3, 0.4) is 0 Å². The molecule has 0 saturated heterocycles. The van der Waals surface area contributed by atoms with Gasteiger partial charge in [-0.1, -0.05) is 11.3 Å². The second-order valence-corrected chi connectivity index (χ2v) is 10.3. The molecule has 0 bridgehead atoms. The molecule has 1 N–H and O–H groups in total. The van der Waals surface area contributed by atoms with Gasteiger partial charge in [0.05, 0.1) is 9.58 Å². The molecule has 0 spiro atoms. The van der Waals surface area contributed by atoms with E-state index in [0.29, 0.717) is 4.88 Å². The number of thiazole rings is 1. The van der Waals surface area contributed by atoms with Gasteiger partial charge in [-0.05, 0) is 53.8 Å². The maximum atomic E-state index is 12.7. The molecule has 8 heteroatoms. The van der Waals surface area contributed by atoms with Crippen molar-refractivity contribution < 1.29 is 4.79 Å². The second kappa shape index (κ2) is 7.44. The first-order chi connectivity index (χ1) is 14.1. The molecule has 0 fully saturated rings. The van der Waals surface area contributed by atoms with Crippen molar-refractivity contribution in [1.82, 2.24) is 4.98 Å². The number of thiophene rings is 2. The molecule has 148 valence electrons. The van der Waals surface area contributed by atoms with Crippen LogP contribution in [0.15, 0.2) is 41.8 Å². The zero-order chi connectivity index (χ0) is 20.0. The number of fused-ring (bicyclic) bond motifs is 2. The van der Waals surface area contributed by atoms with Crippen LogP contribution in [0.1, 0.15) is 20.1 Å². The van der Waals surface area contributed by atoms with Crippen molar-refractivity contribution in [2.45, 2.75) is 13.0 Å². The predicted octanol–water partition coefficient (Wildman–Crippen LogP) is 5.30. The van der Waals surface area contributed by atoms with Crippen LogP contribution in [0.2, 0.25) is 0 Å². The molecule has 0 aliphatic carbocycles. The van der Waals surface area contributed by atoms with E-state index in [-0.39, 0.29) is 5.91 Å². The van der Waals surface area contributed by atoms with E-state index >= 15 is 0 Å². The van der Waals surface area contributed by atoms with E-state index in [2.05, 4.69) is 38.8 Å². The largest absolute Gasteiger partial charge is 0.367 e. The van der Waals surface area contributed by atoms with Gasteiger partial charge in [0, 0.05) is 43.4 Å². The van der Waals surface area contributed by atoms with Gasteiger partial charge >= 0.3 is 0 Å². The van der Waals surface area contributed by atoms with Crippen LogP contribution < -0.4 is 15.1 Å². The number of carbonyl (C=O) groups is 1. The first-order valence-electron chi connectivity index (χ1n) is 9.36. The number of rotatable bonds is 4. The van der Waals surface area contributed by atoms with Crippen molar-refractivity contribution in [2.24, 2.45) is 0 Å². The summed E-state index contributed by atoms with van der Waals surface area (Å²) in [6.45, 7) is 1.99. The van der Waals surface area contributed by atoms with Crippen LogP contribution in [-0.4, -0.2) is 31.5 Å². The fourth-order valence-corrected chi connectivity index (χ4v) is 6.36. The second-order valence-electron chi connectivity index (χ2n) is 7.21. The summed E-state index contributed by atoms with van der Waals surface area (Å²) in [5.74, 6) is -0.0831. The van der Waals surface area contributed by atoms with Crippen LogP contribution in [0.4, 0.5) is 16.5 Å². The minimum Gasteiger partial charge on any atom is -0.367 e. The molecule has 0 atom stereocenters. The normalized spacial score (nSPS) is 13.5. The first kappa shape index (κ1) is 18.6. The van der Waals surface area contributed by atoms with Gasteiger partial charge in [0.15, 0.2) is 5.13 Å². The summed E-state index contributed by atoms with van der Waals surface area (Å²) in [6, 6.07) is 12.3. The number of benzene rings is 1. The molecule has 4 heterocycles. The molecule has 1 amide bonds. The molecule has 0 radical (unpaired) electrons. The van der Waals surface area contributed by atoms with Gasteiger partial charge in [-0.2, -0.15) is 0 Å². The van der Waals surface area contributed by atoms with Gasteiger partial charge in [-0.25, -0.2) is 4.98 Å². The zero-order valence-corrected chi connectivity index (χ0v) is 18.6. The lowest BCUT2D eigenvalue weighted by Crippen LogP contribution is -2.29. The Bertz CT molecular complexity index is 1140. The summed E-state index contributed by atoms with van der Waals surface area (Å²) < 4.78 is 1.05. The molecule has 0 unspecified atom stereocenters. The Morgan fingerprint density at radius 3 is 2.76 bits per heavy atom. The fraction of sp³-hybridized carbons (Fsp3) is 0.238. The Balaban J connectivity index is 1.27. The lowest BCUT2D eigenvalue weighted by molar-refractivity contribution is 0.103. The maximum absolute atomic E-state index is 12.7. The third kappa shape index (κ3) is 3.63. The number of carbonyl (C=O) groups excluding carboxylic acids is 1. The number of nitrogens with zero attached hydrogens (tertiary/aromatic N) is 3. The van der Waals surface area contributed by atoms with E-state index in [9.17, 15) is 4.79 Å². The Kier molecular flexibility index (Phi) is 4.77. The van der Waals surface area contributed by atoms with Gasteiger partial charge < -0.3 is 15.1 Å². The highest BCUT2D eigenvalue weighted by Crippen LogP contribution is 2.34. The average molecular weight is 441 g/mol. The van der Waals surface area contributed by atoms with E-state index in [0.717, 1.165) is 39.9 Å². The molecular formula is C21H20N4OS3. The molecule has 29 heavy (non-hydrogen) atoms. The number of aromatic nitrogens is 1. The molecule has 4 aromatic rings. The number of nitrogens with one attached hydrogen (secondary N) is 1. The van der Waals surface area contributed by atoms with Gasteiger partial charge in [-0.3, -0.25) is 4.79 Å². The molecule has 5 rings (SSSR count). The average Bonchev–Trinajstić information content (AvgIpc) is 3.42. The summed E-state index contributed by atoms with van der Waals surface area (Å²) in [5.41, 5.74) is 3.44. The molecule has 1 aromatic carbocycles. The van der Waals surface area contributed by atoms with Gasteiger partial charge in [0.25, 0.3) is 5.91 Å². The summed E-state index contributed by atoms with van der Waals surface area (Å²) in [4.78, 5) is 24.7. The minimum absolute atomic E-state index is 0.0831. The van der Waals surface area contributed by atoms with E-state index in [4.69, 9.17) is 0 Å². The Hall–Kier alpha value is -2.42. The molecule has 0 saturated carbocycles. The minimum atomic E-state index is -0.0831. The number of hydrogen-bond donors (Lipinski definition) is 1. The Labute approximate surface area is 181 Å². The monoisotopic (exact) mass is 440 g/mol. The van der Waals surface area contributed by atoms with Crippen molar-refractivity contribution in [3.63, 3.8) is 0 Å². The number of amides is 1. The van der Waals surface area contributed by atoms with E-state index in [1.165, 1.54) is 27.5 Å². The Morgan fingerprint density at radius 1 is 1.17 bits per heavy atom. The van der Waals surface area contributed by atoms with Gasteiger partial charge in [0.2, 0.25) is 0 Å². The van der Waals surface area contributed by atoms with E-state index < -0.39 is 0 Å². The fourth-order valence-electron chi connectivity index (χ4n) is 3.44. The van der Waals surface area contributed by atoms with Gasteiger partial charge in [0.1, 0.15) is 4.83 Å². The van der Waals surface area contributed by atoms with Crippen LogP contribution in [0.5, 0.6) is 0 Å². The van der Waals surface area contributed by atoms with Crippen LogP contribution in [-0.2, 0) is 13.0 Å². The summed E-state index contributed by atoms with van der Waals surface area (Å²) in [5, 5.41) is 6.15. The third-order valence-electron chi connectivity index (χ3n) is 4.98. The SMILES string of the molecule is CN(C)c1nc2sc(C(=O)Nc3ccc(N4CCc5sccc5C4)cc3)cc2s1. The zero-order valence-electron chi connectivity index (χ0n) is 16.1. The summed E-state index contributed by atoms with van der Waals surface area (Å²) >= 11 is 4.89. The van der Waals surface area contributed by atoms with Crippen LogP contribution in [0.25, 0.3) is 9.53 Å². The lowest BCUT2D eigenvalue weighted by atomic mass is 10.1. The van der Waals surface area contributed by atoms with E-state index in [1.54, 1.807) is 11.3 Å². The molecule has 1 aliphatic heterocycles. The van der Waals surface area contributed by atoms with Crippen molar-refractivity contribution >= 4 is 66.0 Å². The third-order valence-corrected chi connectivity index (χ3v) is 8.33. The topological polar surface area (TPSA) is 48.5 Å². The van der Waals surface area contributed by atoms with Crippen molar-refractivity contribution in [1.29, 1.82) is 0 Å². The standard InChI is InChI=1S/C21H20N4OS3/c1-24(2)21-23-20-18(29-21)11-17(28-20)19(26)22-14-3-5-15(6-4-14)25-9-7-16-13(12-25)8-10-27-16/h3-6,8,10-11H,7,9,12H2,1-2H3,(H,22,26). The van der Waals surface area contributed by atoms with Crippen molar-refractivity contribution in [3.05, 3.63) is 57.1 Å². The Morgan fingerprint density at radius 2 is 2.00 bits per heavy atom. The van der Waals surface area contributed by atoms with Crippen LogP contribution in [0, 0.1) is 0 Å². The highest BCUT2D eigenvalue weighted by atomic mass is 32.1. The summed E-state index contributed by atoms with van der Waals surface area (Å²) in [7, 11) is 3.95. The molecule has 3 aromatic heterocycles. The number of hydrogen-bond acceptors (Lipinski definition) is 7. The molecule has 5 nitrogen and oxygen atoms in total. The predicted molar refractivity (Wildman–Crippen MR) is 125 cm³/mol. The molecule has 1 aliphatic rings. The summed E-state index contributed by atoms with van der Waals surface area (Å²) in [6.07, 6.45) is 1.10. The van der Waals surface area contributed by atoms with E-state index in [1.807, 2.05) is 48.5 Å². The van der Waals surface area contributed by atoms with Gasteiger partial charge in [-0.15, -0.1) is 22.7 Å². The quantitative estimate of drug-likeness (QED) is 0.468. The highest BCUT2D eigenvalue weighted by Gasteiger charge is 2.18. The smallest absolute Gasteiger partial charge is 0.265 e. The highest BCUT2D eigenvalue weighted by molar-refractivity contribution is 7.29. The lowest BCUT2D eigenvalue weighted by Gasteiger charge is -2.29. The van der Waals surface area contributed by atoms with Crippen LogP contribution >= 0.6 is 34.0 Å². The number of anilines is 3. The molecular weight excluding hydrogens is 420 g/mol. The van der Waals surface area contributed by atoms with Crippen molar-refractivity contribution in [2.75, 3.05) is 35.8 Å². The van der Waals surface area contributed by atoms with Crippen molar-refractivity contribution in [3.8, 4) is 0 Å². The maximum Gasteiger partial charge on any atom is 0.265 e. The first-order valence-corrected chi connectivity index (χ1v) is 11.9.